The van der Waals surface area contributed by atoms with E-state index in [0.29, 0.717) is 29.5 Å². The largest absolute Gasteiger partial charge is 0.312 e. The van der Waals surface area contributed by atoms with Crippen LogP contribution in [-0.2, 0) is 4.79 Å². The van der Waals surface area contributed by atoms with Crippen LogP contribution < -0.4 is 4.90 Å². The molecule has 0 radical (unpaired) electrons. The molecule has 1 fully saturated rings. The fourth-order valence-corrected chi connectivity index (χ4v) is 4.52. The van der Waals surface area contributed by atoms with E-state index in [9.17, 15) is 14.0 Å². The summed E-state index contributed by atoms with van der Waals surface area (Å²) in [5.74, 6) is 0.638. The molecule has 1 atom stereocenters. The molecule has 33 heavy (non-hydrogen) atoms. The van der Waals surface area contributed by atoms with Gasteiger partial charge in [0.15, 0.2) is 16.8 Å². The van der Waals surface area contributed by atoms with Crippen molar-refractivity contribution in [2.75, 3.05) is 31.3 Å². The van der Waals surface area contributed by atoms with Gasteiger partial charge in [-0.3, -0.25) is 19.1 Å². The van der Waals surface area contributed by atoms with Gasteiger partial charge in [0, 0.05) is 29.9 Å². The van der Waals surface area contributed by atoms with Crippen molar-refractivity contribution in [3.05, 3.63) is 65.7 Å². The number of anilines is 1. The lowest BCUT2D eigenvalue weighted by molar-refractivity contribution is -0.117. The minimum absolute atomic E-state index is 0.0338. The number of benzene rings is 2. The number of Topliss-reactive ketones (excluding diaryl/α,β-unsaturated/α-hetero) is 1. The van der Waals surface area contributed by atoms with Crippen molar-refractivity contribution in [1.29, 1.82) is 0 Å². The third kappa shape index (κ3) is 4.99. The molecule has 172 valence electrons. The average molecular weight is 468 g/mol. The van der Waals surface area contributed by atoms with Crippen LogP contribution in [0.4, 0.5) is 10.1 Å². The summed E-state index contributed by atoms with van der Waals surface area (Å²) in [5.41, 5.74) is 2.13. The maximum Gasteiger partial charge on any atom is 0.227 e. The van der Waals surface area contributed by atoms with E-state index >= 15 is 0 Å². The molecule has 1 saturated heterocycles. The van der Waals surface area contributed by atoms with Crippen molar-refractivity contribution in [3.63, 3.8) is 0 Å². The second kappa shape index (κ2) is 9.84. The van der Waals surface area contributed by atoms with Crippen molar-refractivity contribution in [1.82, 2.24) is 19.7 Å². The molecule has 9 heteroatoms. The standard InChI is InChI=1S/C24H26FN5O2S/c1-16(28(2)3)23-26-27-24(30(23)20-12-8-18(25)9-13-20)33-15-21(31)17-6-10-19(11-7-17)29-14-4-5-22(29)32/h6-13,16H,4-5,14-15H2,1-3H3/t16-/m0/s1. The minimum Gasteiger partial charge on any atom is -0.312 e. The molecule has 0 N–H and O–H groups in total. The van der Waals surface area contributed by atoms with Gasteiger partial charge in [-0.1, -0.05) is 11.8 Å². The fourth-order valence-electron chi connectivity index (χ4n) is 3.67. The highest BCUT2D eigenvalue weighted by atomic mass is 32.2. The van der Waals surface area contributed by atoms with Gasteiger partial charge in [0.2, 0.25) is 5.91 Å². The number of nitrogens with zero attached hydrogens (tertiary/aromatic N) is 5. The Kier molecular flexibility index (Phi) is 6.90. The monoisotopic (exact) mass is 467 g/mol. The summed E-state index contributed by atoms with van der Waals surface area (Å²) in [6, 6.07) is 13.3. The van der Waals surface area contributed by atoms with Crippen LogP contribution in [0, 0.1) is 5.82 Å². The Balaban J connectivity index is 1.52. The number of carbonyl (C=O) groups excluding carboxylic acids is 2. The van der Waals surface area contributed by atoms with E-state index in [1.807, 2.05) is 42.6 Å². The smallest absolute Gasteiger partial charge is 0.227 e. The van der Waals surface area contributed by atoms with Crippen LogP contribution in [-0.4, -0.2) is 57.7 Å². The normalized spacial score (nSPS) is 14.8. The Labute approximate surface area is 196 Å². The summed E-state index contributed by atoms with van der Waals surface area (Å²) in [6.07, 6.45) is 1.43. The van der Waals surface area contributed by atoms with Crippen LogP contribution in [0.15, 0.2) is 53.7 Å². The first-order valence-electron chi connectivity index (χ1n) is 10.8. The lowest BCUT2D eigenvalue weighted by Crippen LogP contribution is -2.23. The second-order valence-corrected chi connectivity index (χ2v) is 9.14. The molecule has 3 aromatic rings. The summed E-state index contributed by atoms with van der Waals surface area (Å²) in [7, 11) is 3.90. The number of thioether (sulfide) groups is 1. The van der Waals surface area contributed by atoms with Crippen molar-refractivity contribution >= 4 is 29.1 Å². The summed E-state index contributed by atoms with van der Waals surface area (Å²) >= 11 is 1.29. The van der Waals surface area contributed by atoms with E-state index in [1.54, 1.807) is 29.2 Å². The summed E-state index contributed by atoms with van der Waals surface area (Å²) in [4.78, 5) is 28.5. The zero-order valence-corrected chi connectivity index (χ0v) is 19.7. The highest BCUT2D eigenvalue weighted by molar-refractivity contribution is 7.99. The number of carbonyl (C=O) groups is 2. The number of hydrogen-bond acceptors (Lipinski definition) is 6. The molecule has 0 aliphatic carbocycles. The van der Waals surface area contributed by atoms with Crippen molar-refractivity contribution in [3.8, 4) is 5.69 Å². The van der Waals surface area contributed by atoms with Gasteiger partial charge < -0.3 is 4.90 Å². The number of halogens is 1. The van der Waals surface area contributed by atoms with Gasteiger partial charge in [-0.15, -0.1) is 10.2 Å². The number of amides is 1. The maximum absolute atomic E-state index is 13.5. The van der Waals surface area contributed by atoms with E-state index in [2.05, 4.69) is 10.2 Å². The van der Waals surface area contributed by atoms with E-state index in [0.717, 1.165) is 17.8 Å². The first kappa shape index (κ1) is 23.1. The number of ketones is 1. The third-order valence-corrected chi connectivity index (χ3v) is 6.73. The molecule has 7 nitrogen and oxygen atoms in total. The molecule has 2 aromatic carbocycles. The van der Waals surface area contributed by atoms with Crippen molar-refractivity contribution in [2.45, 2.75) is 31.0 Å². The zero-order chi connectivity index (χ0) is 23.5. The Bertz CT molecular complexity index is 1140. The Hall–Kier alpha value is -3.04. The second-order valence-electron chi connectivity index (χ2n) is 8.20. The van der Waals surface area contributed by atoms with Crippen molar-refractivity contribution < 1.29 is 14.0 Å². The van der Waals surface area contributed by atoms with Gasteiger partial charge in [0.1, 0.15) is 5.82 Å². The first-order chi connectivity index (χ1) is 15.8. The third-order valence-electron chi connectivity index (χ3n) is 5.80. The average Bonchev–Trinajstić information content (AvgIpc) is 3.43. The van der Waals surface area contributed by atoms with Gasteiger partial charge in [-0.25, -0.2) is 4.39 Å². The van der Waals surface area contributed by atoms with Gasteiger partial charge in [0.25, 0.3) is 0 Å². The maximum atomic E-state index is 13.5. The lowest BCUT2D eigenvalue weighted by atomic mass is 10.1. The SMILES string of the molecule is C[C@@H](c1nnc(SCC(=O)c2ccc(N3CCCC3=O)cc2)n1-c1ccc(F)cc1)N(C)C. The Morgan fingerprint density at radius 2 is 1.76 bits per heavy atom. The molecular weight excluding hydrogens is 441 g/mol. The fraction of sp³-hybridized carbons (Fsp3) is 0.333. The van der Waals surface area contributed by atoms with Crippen molar-refractivity contribution in [2.24, 2.45) is 0 Å². The number of rotatable bonds is 8. The van der Waals surface area contributed by atoms with Crippen LogP contribution in [0.1, 0.15) is 42.0 Å². The zero-order valence-electron chi connectivity index (χ0n) is 18.9. The molecule has 0 unspecified atom stereocenters. The molecule has 2 heterocycles. The molecule has 4 rings (SSSR count). The lowest BCUT2D eigenvalue weighted by Gasteiger charge is -2.20. The van der Waals surface area contributed by atoms with Crippen LogP contribution >= 0.6 is 11.8 Å². The van der Waals surface area contributed by atoms with Crippen LogP contribution in [0.3, 0.4) is 0 Å². The summed E-state index contributed by atoms with van der Waals surface area (Å²) < 4.78 is 15.4. The van der Waals surface area contributed by atoms with Crippen LogP contribution in [0.5, 0.6) is 0 Å². The number of aromatic nitrogens is 3. The molecule has 0 bridgehead atoms. The predicted molar refractivity (Wildman–Crippen MR) is 127 cm³/mol. The molecule has 1 aliphatic heterocycles. The van der Waals surface area contributed by atoms with Crippen LogP contribution in [0.2, 0.25) is 0 Å². The highest BCUT2D eigenvalue weighted by Crippen LogP contribution is 2.28. The Morgan fingerprint density at radius 3 is 2.36 bits per heavy atom. The summed E-state index contributed by atoms with van der Waals surface area (Å²) in [5, 5.41) is 9.24. The molecule has 1 aromatic heterocycles. The van der Waals surface area contributed by atoms with Gasteiger partial charge in [-0.2, -0.15) is 0 Å². The molecule has 0 spiro atoms. The van der Waals surface area contributed by atoms with Gasteiger partial charge in [0.05, 0.1) is 11.8 Å². The molecular formula is C24H26FN5O2S. The van der Waals surface area contributed by atoms with Gasteiger partial charge in [-0.05, 0) is 76.0 Å². The molecule has 0 saturated carbocycles. The quantitative estimate of drug-likeness (QED) is 0.366. The molecule has 1 amide bonds. The molecule has 1 aliphatic rings. The Morgan fingerprint density at radius 1 is 1.09 bits per heavy atom. The summed E-state index contributed by atoms with van der Waals surface area (Å²) in [6.45, 7) is 2.73. The highest BCUT2D eigenvalue weighted by Gasteiger charge is 2.23. The predicted octanol–water partition coefficient (Wildman–Crippen LogP) is 4.13. The van der Waals surface area contributed by atoms with E-state index in [4.69, 9.17) is 0 Å². The first-order valence-corrected chi connectivity index (χ1v) is 11.8. The van der Waals surface area contributed by atoms with E-state index in [-0.39, 0.29) is 29.3 Å². The van der Waals surface area contributed by atoms with E-state index < -0.39 is 0 Å². The minimum atomic E-state index is -0.322. The number of hydrogen-bond donors (Lipinski definition) is 0. The van der Waals surface area contributed by atoms with Gasteiger partial charge >= 0.3 is 0 Å². The topological polar surface area (TPSA) is 71.3 Å². The van der Waals surface area contributed by atoms with E-state index in [1.165, 1.54) is 23.9 Å². The van der Waals surface area contributed by atoms with Crippen LogP contribution in [0.25, 0.3) is 5.69 Å².